The number of aliphatic hydroxyl groups excluding tert-OH is 1. The van der Waals surface area contributed by atoms with E-state index in [1.807, 2.05) is 0 Å². The molecule has 0 aromatic heterocycles. The quantitative estimate of drug-likeness (QED) is 0.780. The predicted octanol–water partition coefficient (Wildman–Crippen LogP) is 0.130. The third-order valence-electron chi connectivity index (χ3n) is 4.58. The molecule has 2 heterocycles. The fourth-order valence-electron chi connectivity index (χ4n) is 3.27. The first kappa shape index (κ1) is 17.1. The van der Waals surface area contributed by atoms with Crippen molar-refractivity contribution in [2.75, 3.05) is 45.6 Å². The molecule has 3 atom stereocenters. The Labute approximate surface area is 128 Å². The van der Waals surface area contributed by atoms with Crippen LogP contribution in [-0.2, 0) is 14.8 Å². The molecule has 0 amide bonds. The maximum atomic E-state index is 11.6. The minimum Gasteiger partial charge on any atom is -0.390 e. The summed E-state index contributed by atoms with van der Waals surface area (Å²) in [5.41, 5.74) is 0. The van der Waals surface area contributed by atoms with E-state index in [9.17, 15) is 13.5 Å². The van der Waals surface area contributed by atoms with Gasteiger partial charge in [0.2, 0.25) is 10.0 Å². The lowest BCUT2D eigenvalue weighted by Gasteiger charge is -2.37. The topological polar surface area (TPSA) is 70.1 Å². The van der Waals surface area contributed by atoms with Gasteiger partial charge < -0.3 is 9.84 Å². The largest absolute Gasteiger partial charge is 0.390 e. The molecule has 0 saturated carbocycles. The van der Waals surface area contributed by atoms with Crippen LogP contribution in [0.4, 0.5) is 0 Å². The predicted molar refractivity (Wildman–Crippen MR) is 81.6 cm³/mol. The van der Waals surface area contributed by atoms with Gasteiger partial charge in [0.25, 0.3) is 0 Å². The molecule has 21 heavy (non-hydrogen) atoms. The van der Waals surface area contributed by atoms with E-state index in [2.05, 4.69) is 11.8 Å². The van der Waals surface area contributed by atoms with Crippen molar-refractivity contribution >= 4 is 10.0 Å². The van der Waals surface area contributed by atoms with Crippen molar-refractivity contribution in [1.82, 2.24) is 9.21 Å². The third-order valence-corrected chi connectivity index (χ3v) is 5.85. The van der Waals surface area contributed by atoms with Gasteiger partial charge in [-0.3, -0.25) is 4.90 Å². The lowest BCUT2D eigenvalue weighted by Crippen LogP contribution is -2.49. The van der Waals surface area contributed by atoms with Crippen LogP contribution in [0.2, 0.25) is 0 Å². The van der Waals surface area contributed by atoms with Crippen LogP contribution in [0, 0.1) is 5.92 Å². The molecule has 0 radical (unpaired) electrons. The summed E-state index contributed by atoms with van der Waals surface area (Å²) in [7, 11) is -3.12. The number of hydrogen-bond donors (Lipinski definition) is 1. The van der Waals surface area contributed by atoms with Crippen LogP contribution in [-0.4, -0.2) is 80.5 Å². The molecule has 2 aliphatic rings. The van der Waals surface area contributed by atoms with Crippen molar-refractivity contribution in [2.45, 2.75) is 38.4 Å². The number of likely N-dealkylation sites (N-methyl/N-ethyl adjacent to an activating group) is 1. The van der Waals surface area contributed by atoms with Gasteiger partial charge in [0.15, 0.2) is 0 Å². The average molecular weight is 320 g/mol. The van der Waals surface area contributed by atoms with Crippen molar-refractivity contribution in [1.29, 1.82) is 0 Å². The lowest BCUT2D eigenvalue weighted by molar-refractivity contribution is -0.0942. The Hall–Kier alpha value is -0.210. The number of ether oxygens (including phenoxy) is 1. The zero-order valence-corrected chi connectivity index (χ0v) is 13.9. The fourth-order valence-corrected chi connectivity index (χ4v) is 4.21. The van der Waals surface area contributed by atoms with Crippen LogP contribution >= 0.6 is 0 Å². The highest BCUT2D eigenvalue weighted by atomic mass is 32.2. The van der Waals surface area contributed by atoms with Gasteiger partial charge in [-0.25, -0.2) is 12.7 Å². The van der Waals surface area contributed by atoms with Crippen molar-refractivity contribution in [3.05, 3.63) is 0 Å². The number of aliphatic hydroxyl groups is 1. The van der Waals surface area contributed by atoms with Gasteiger partial charge in [-0.1, -0.05) is 6.92 Å². The van der Waals surface area contributed by atoms with Gasteiger partial charge in [0.05, 0.1) is 25.1 Å². The maximum absolute atomic E-state index is 11.6. The Kier molecular flexibility index (Phi) is 6.02. The minimum atomic E-state index is -3.12. The molecule has 0 bridgehead atoms. The first-order valence-electron chi connectivity index (χ1n) is 7.87. The van der Waals surface area contributed by atoms with E-state index >= 15 is 0 Å². The van der Waals surface area contributed by atoms with E-state index in [1.54, 1.807) is 0 Å². The highest BCUT2D eigenvalue weighted by Gasteiger charge is 2.31. The van der Waals surface area contributed by atoms with Crippen molar-refractivity contribution in [3.63, 3.8) is 0 Å². The second-order valence-electron chi connectivity index (χ2n) is 6.23. The molecule has 2 rings (SSSR count). The molecular weight excluding hydrogens is 292 g/mol. The molecule has 2 saturated heterocycles. The van der Waals surface area contributed by atoms with E-state index in [1.165, 1.54) is 10.6 Å². The van der Waals surface area contributed by atoms with Crippen molar-refractivity contribution in [3.8, 4) is 0 Å². The molecular formula is C14H28N2O4S. The Balaban J connectivity index is 1.85. The summed E-state index contributed by atoms with van der Waals surface area (Å²) in [5, 5.41) is 10.4. The molecule has 7 heteroatoms. The second kappa shape index (κ2) is 7.37. The first-order valence-corrected chi connectivity index (χ1v) is 9.72. The van der Waals surface area contributed by atoms with Crippen molar-refractivity contribution in [2.24, 2.45) is 5.92 Å². The molecule has 124 valence electrons. The normalized spacial score (nSPS) is 31.2. The number of piperidine rings is 1. The van der Waals surface area contributed by atoms with Gasteiger partial charge in [0, 0.05) is 26.2 Å². The molecule has 0 spiro atoms. The maximum Gasteiger partial charge on any atom is 0.211 e. The van der Waals surface area contributed by atoms with E-state index < -0.39 is 16.1 Å². The van der Waals surface area contributed by atoms with Crippen LogP contribution in [0.5, 0.6) is 0 Å². The average Bonchev–Trinajstić information content (AvgIpc) is 2.46. The smallest absolute Gasteiger partial charge is 0.211 e. The number of nitrogens with zero attached hydrogens (tertiary/aromatic N) is 2. The molecule has 0 aliphatic carbocycles. The molecule has 2 fully saturated rings. The molecule has 6 nitrogen and oxygen atoms in total. The fraction of sp³-hybridized carbons (Fsp3) is 1.00. The summed E-state index contributed by atoms with van der Waals surface area (Å²) in [4.78, 5) is 2.28. The summed E-state index contributed by atoms with van der Waals surface area (Å²) >= 11 is 0. The van der Waals surface area contributed by atoms with Crippen LogP contribution in [0.1, 0.15) is 26.2 Å². The van der Waals surface area contributed by atoms with Crippen molar-refractivity contribution < 1.29 is 18.3 Å². The Bertz CT molecular complexity index is 429. The summed E-state index contributed by atoms with van der Waals surface area (Å²) < 4.78 is 30.5. The third kappa shape index (κ3) is 4.89. The zero-order valence-electron chi connectivity index (χ0n) is 13.1. The van der Waals surface area contributed by atoms with Gasteiger partial charge in [-0.2, -0.15) is 0 Å². The first-order chi connectivity index (χ1) is 9.90. The van der Waals surface area contributed by atoms with Gasteiger partial charge >= 0.3 is 0 Å². The van der Waals surface area contributed by atoms with E-state index in [-0.39, 0.29) is 12.0 Å². The van der Waals surface area contributed by atoms with E-state index in [0.29, 0.717) is 26.1 Å². The Morgan fingerprint density at radius 1 is 1.33 bits per heavy atom. The summed E-state index contributed by atoms with van der Waals surface area (Å²) in [6.45, 7) is 6.56. The zero-order chi connectivity index (χ0) is 15.5. The molecule has 1 N–H and O–H groups in total. The van der Waals surface area contributed by atoms with E-state index in [4.69, 9.17) is 4.74 Å². The van der Waals surface area contributed by atoms with E-state index in [0.717, 1.165) is 32.5 Å². The standard InChI is InChI=1S/C14H28N2O4S/c1-3-15-7-8-20-14(11-15)13(17)9-12-5-4-6-16(10-12)21(2,18)19/h12-14,17H,3-11H2,1-2H3. The molecule has 2 aliphatic heterocycles. The Morgan fingerprint density at radius 2 is 2.10 bits per heavy atom. The number of hydrogen-bond acceptors (Lipinski definition) is 5. The highest BCUT2D eigenvalue weighted by molar-refractivity contribution is 7.88. The van der Waals surface area contributed by atoms with Crippen LogP contribution in [0.15, 0.2) is 0 Å². The van der Waals surface area contributed by atoms with Crippen LogP contribution in [0.3, 0.4) is 0 Å². The van der Waals surface area contributed by atoms with Crippen LogP contribution < -0.4 is 0 Å². The molecule has 0 aromatic carbocycles. The second-order valence-corrected chi connectivity index (χ2v) is 8.22. The van der Waals surface area contributed by atoms with Gasteiger partial charge in [-0.15, -0.1) is 0 Å². The number of rotatable bonds is 5. The molecule has 3 unspecified atom stereocenters. The van der Waals surface area contributed by atoms with Gasteiger partial charge in [-0.05, 0) is 31.7 Å². The summed E-state index contributed by atoms with van der Waals surface area (Å²) in [5.74, 6) is 0.226. The molecule has 0 aromatic rings. The number of morpholine rings is 1. The monoisotopic (exact) mass is 320 g/mol. The highest BCUT2D eigenvalue weighted by Crippen LogP contribution is 2.24. The summed E-state index contributed by atoms with van der Waals surface area (Å²) in [6, 6.07) is 0. The lowest BCUT2D eigenvalue weighted by atomic mass is 9.91. The summed E-state index contributed by atoms with van der Waals surface area (Å²) in [6.07, 6.45) is 3.07. The number of sulfonamides is 1. The van der Waals surface area contributed by atoms with Gasteiger partial charge in [0.1, 0.15) is 0 Å². The Morgan fingerprint density at radius 3 is 2.76 bits per heavy atom. The van der Waals surface area contributed by atoms with Crippen LogP contribution in [0.25, 0.3) is 0 Å². The SMILES string of the molecule is CCN1CCOC(C(O)CC2CCCN(S(C)(=O)=O)C2)C1. The minimum absolute atomic E-state index is 0.146.